The highest BCUT2D eigenvalue weighted by Gasteiger charge is 2.39. The molecule has 2 fully saturated rings. The smallest absolute Gasteiger partial charge is 0.222 e. The van der Waals surface area contributed by atoms with Crippen LogP contribution in [0.2, 0.25) is 0 Å². The summed E-state index contributed by atoms with van der Waals surface area (Å²) in [5, 5.41) is 0. The minimum Gasteiger partial charge on any atom is -0.494 e. The summed E-state index contributed by atoms with van der Waals surface area (Å²) in [7, 11) is 0. The summed E-state index contributed by atoms with van der Waals surface area (Å²) >= 11 is 0. The fourth-order valence-electron chi connectivity index (χ4n) is 3.09. The molecule has 5 heteroatoms. The molecule has 1 aromatic rings. The molecule has 2 heterocycles. The second-order valence-electron chi connectivity index (χ2n) is 6.11. The van der Waals surface area contributed by atoms with Gasteiger partial charge in [-0.05, 0) is 25.0 Å². The van der Waals surface area contributed by atoms with Crippen molar-refractivity contribution in [3.8, 4) is 5.75 Å². The number of amides is 1. The minimum atomic E-state index is -0.425. The number of ether oxygens (including phenoxy) is 3. The standard InChI is InChI=1S/C18H25NO4/c20-17(8-4-13-21-16-6-2-1-3-7-16)19-11-9-18(10-12-19)22-14-5-15-23-18/h1-3,6-7H,4-5,8-15H2. The van der Waals surface area contributed by atoms with E-state index in [0.29, 0.717) is 13.0 Å². The van der Waals surface area contributed by atoms with Crippen molar-refractivity contribution in [1.29, 1.82) is 0 Å². The lowest BCUT2D eigenvalue weighted by atomic mass is 10.0. The highest BCUT2D eigenvalue weighted by molar-refractivity contribution is 5.76. The van der Waals surface area contributed by atoms with Gasteiger partial charge in [0.1, 0.15) is 5.75 Å². The predicted molar refractivity (Wildman–Crippen MR) is 86.2 cm³/mol. The van der Waals surface area contributed by atoms with Crippen LogP contribution in [-0.4, -0.2) is 49.5 Å². The van der Waals surface area contributed by atoms with E-state index in [1.54, 1.807) is 0 Å². The van der Waals surface area contributed by atoms with Crippen LogP contribution in [-0.2, 0) is 14.3 Å². The molecule has 2 aliphatic heterocycles. The average Bonchev–Trinajstić information content (AvgIpc) is 2.61. The van der Waals surface area contributed by atoms with Crippen molar-refractivity contribution in [2.24, 2.45) is 0 Å². The second kappa shape index (κ2) is 7.79. The zero-order chi connectivity index (χ0) is 16.0. The highest BCUT2D eigenvalue weighted by atomic mass is 16.7. The molecule has 1 aromatic carbocycles. The van der Waals surface area contributed by atoms with Gasteiger partial charge in [-0.1, -0.05) is 18.2 Å². The number of piperidine rings is 1. The van der Waals surface area contributed by atoms with Gasteiger partial charge in [0.05, 0.1) is 19.8 Å². The number of likely N-dealkylation sites (tertiary alicyclic amines) is 1. The number of nitrogens with zero attached hydrogens (tertiary/aromatic N) is 1. The molecule has 23 heavy (non-hydrogen) atoms. The molecule has 2 saturated heterocycles. The summed E-state index contributed by atoms with van der Waals surface area (Å²) in [4.78, 5) is 14.2. The first-order valence-corrected chi connectivity index (χ1v) is 8.51. The Hall–Kier alpha value is -1.59. The topological polar surface area (TPSA) is 48.0 Å². The van der Waals surface area contributed by atoms with Crippen molar-refractivity contribution in [1.82, 2.24) is 4.90 Å². The normalized spacial score (nSPS) is 20.4. The van der Waals surface area contributed by atoms with Crippen LogP contribution in [0.4, 0.5) is 0 Å². The Bertz CT molecular complexity index is 489. The van der Waals surface area contributed by atoms with Gasteiger partial charge in [-0.3, -0.25) is 4.79 Å². The van der Waals surface area contributed by atoms with Crippen LogP contribution in [0.15, 0.2) is 30.3 Å². The van der Waals surface area contributed by atoms with E-state index in [2.05, 4.69) is 0 Å². The van der Waals surface area contributed by atoms with E-state index >= 15 is 0 Å². The lowest BCUT2D eigenvalue weighted by molar-refractivity contribution is -0.282. The Morgan fingerprint density at radius 2 is 1.83 bits per heavy atom. The quantitative estimate of drug-likeness (QED) is 0.783. The van der Waals surface area contributed by atoms with Gasteiger partial charge < -0.3 is 19.1 Å². The first-order valence-electron chi connectivity index (χ1n) is 8.51. The summed E-state index contributed by atoms with van der Waals surface area (Å²) in [6.07, 6.45) is 3.79. The van der Waals surface area contributed by atoms with Gasteiger partial charge in [-0.15, -0.1) is 0 Å². The SMILES string of the molecule is O=C(CCCOc1ccccc1)N1CCC2(CC1)OCCCO2. The number of benzene rings is 1. The summed E-state index contributed by atoms with van der Waals surface area (Å²) in [5.41, 5.74) is 0. The first-order chi connectivity index (χ1) is 11.3. The summed E-state index contributed by atoms with van der Waals surface area (Å²) < 4.78 is 17.2. The maximum atomic E-state index is 12.3. The molecule has 5 nitrogen and oxygen atoms in total. The minimum absolute atomic E-state index is 0.201. The van der Waals surface area contributed by atoms with Gasteiger partial charge in [-0.2, -0.15) is 0 Å². The molecule has 0 bridgehead atoms. The molecule has 3 rings (SSSR count). The Morgan fingerprint density at radius 3 is 2.52 bits per heavy atom. The Kier molecular flexibility index (Phi) is 5.51. The molecule has 1 amide bonds. The highest BCUT2D eigenvalue weighted by Crippen LogP contribution is 2.30. The Balaban J connectivity index is 1.35. The fourth-order valence-corrected chi connectivity index (χ4v) is 3.09. The lowest BCUT2D eigenvalue weighted by Crippen LogP contribution is -2.51. The van der Waals surface area contributed by atoms with Crippen LogP contribution >= 0.6 is 0 Å². The molecular weight excluding hydrogens is 294 g/mol. The third kappa shape index (κ3) is 4.45. The third-order valence-electron chi connectivity index (χ3n) is 4.44. The zero-order valence-corrected chi connectivity index (χ0v) is 13.5. The van der Waals surface area contributed by atoms with Crippen molar-refractivity contribution in [2.45, 2.75) is 37.9 Å². The first kappa shape index (κ1) is 16.3. The van der Waals surface area contributed by atoms with E-state index in [4.69, 9.17) is 14.2 Å². The molecule has 0 atom stereocenters. The van der Waals surface area contributed by atoms with Crippen molar-refractivity contribution in [3.05, 3.63) is 30.3 Å². The van der Waals surface area contributed by atoms with Gasteiger partial charge in [0.15, 0.2) is 5.79 Å². The summed E-state index contributed by atoms with van der Waals surface area (Å²) in [6.45, 7) is 3.55. The molecule has 0 unspecified atom stereocenters. The number of hydrogen-bond donors (Lipinski definition) is 0. The maximum absolute atomic E-state index is 12.3. The number of carbonyl (C=O) groups excluding carboxylic acids is 1. The molecule has 0 aliphatic carbocycles. The average molecular weight is 319 g/mol. The molecule has 126 valence electrons. The number of carbonyl (C=O) groups is 1. The summed E-state index contributed by atoms with van der Waals surface area (Å²) in [5.74, 6) is 0.629. The van der Waals surface area contributed by atoms with Crippen molar-refractivity contribution in [3.63, 3.8) is 0 Å². The maximum Gasteiger partial charge on any atom is 0.222 e. The van der Waals surface area contributed by atoms with E-state index in [1.165, 1.54) is 0 Å². The van der Waals surface area contributed by atoms with Crippen LogP contribution in [0.1, 0.15) is 32.1 Å². The van der Waals surface area contributed by atoms with Crippen molar-refractivity contribution < 1.29 is 19.0 Å². The van der Waals surface area contributed by atoms with Crippen molar-refractivity contribution in [2.75, 3.05) is 32.9 Å². The zero-order valence-electron chi connectivity index (χ0n) is 13.5. The Morgan fingerprint density at radius 1 is 1.13 bits per heavy atom. The monoisotopic (exact) mass is 319 g/mol. The van der Waals surface area contributed by atoms with Crippen molar-refractivity contribution >= 4 is 5.91 Å². The molecule has 0 N–H and O–H groups in total. The number of rotatable bonds is 5. The van der Waals surface area contributed by atoms with Gasteiger partial charge in [-0.25, -0.2) is 0 Å². The van der Waals surface area contributed by atoms with E-state index in [9.17, 15) is 4.79 Å². The largest absolute Gasteiger partial charge is 0.494 e. The van der Waals surface area contributed by atoms with E-state index in [0.717, 1.165) is 57.7 Å². The van der Waals surface area contributed by atoms with Crippen LogP contribution in [0.25, 0.3) is 0 Å². The Labute approximate surface area is 137 Å². The molecule has 1 spiro atoms. The van der Waals surface area contributed by atoms with E-state index in [-0.39, 0.29) is 5.91 Å². The fraction of sp³-hybridized carbons (Fsp3) is 0.611. The predicted octanol–water partition coefficient (Wildman–Crippen LogP) is 2.60. The molecule has 0 saturated carbocycles. The van der Waals surface area contributed by atoms with Crippen LogP contribution in [0.3, 0.4) is 0 Å². The van der Waals surface area contributed by atoms with Crippen LogP contribution in [0, 0.1) is 0 Å². The molecule has 0 radical (unpaired) electrons. The molecule has 2 aliphatic rings. The number of hydrogen-bond acceptors (Lipinski definition) is 4. The number of para-hydroxylation sites is 1. The second-order valence-corrected chi connectivity index (χ2v) is 6.11. The van der Waals surface area contributed by atoms with Crippen LogP contribution < -0.4 is 4.74 Å². The van der Waals surface area contributed by atoms with E-state index < -0.39 is 5.79 Å². The third-order valence-corrected chi connectivity index (χ3v) is 4.44. The van der Waals surface area contributed by atoms with Gasteiger partial charge in [0.2, 0.25) is 5.91 Å². The van der Waals surface area contributed by atoms with E-state index in [1.807, 2.05) is 35.2 Å². The summed E-state index contributed by atoms with van der Waals surface area (Å²) in [6, 6.07) is 9.70. The van der Waals surface area contributed by atoms with Crippen LogP contribution in [0.5, 0.6) is 5.75 Å². The van der Waals surface area contributed by atoms with Gasteiger partial charge in [0, 0.05) is 32.4 Å². The van der Waals surface area contributed by atoms with Gasteiger partial charge in [0.25, 0.3) is 0 Å². The molecule has 0 aromatic heterocycles. The lowest BCUT2D eigenvalue weighted by Gasteiger charge is -2.43. The van der Waals surface area contributed by atoms with Gasteiger partial charge >= 0.3 is 0 Å². The molecular formula is C18H25NO4.